The third-order valence-corrected chi connectivity index (χ3v) is 8.39. The summed E-state index contributed by atoms with van der Waals surface area (Å²) in [5, 5.41) is 6.38. The zero-order valence-corrected chi connectivity index (χ0v) is 23.5. The van der Waals surface area contributed by atoms with Crippen LogP contribution in [0.5, 0.6) is 0 Å². The lowest BCUT2D eigenvalue weighted by atomic mass is 9.87. The maximum atomic E-state index is 12.8. The van der Waals surface area contributed by atoms with Gasteiger partial charge in [-0.2, -0.15) is 0 Å². The molecule has 0 aliphatic carbocycles. The molecule has 5 nitrogen and oxygen atoms in total. The smallest absolute Gasteiger partial charge is 0.241 e. The summed E-state index contributed by atoms with van der Waals surface area (Å²) in [7, 11) is 3.99. The van der Waals surface area contributed by atoms with Crippen LogP contribution in [0.2, 0.25) is 0 Å². The molecule has 3 aromatic rings. The first-order valence-corrected chi connectivity index (χ1v) is 14.0. The van der Waals surface area contributed by atoms with E-state index in [1.54, 1.807) is 0 Å². The van der Waals surface area contributed by atoms with Crippen molar-refractivity contribution in [2.45, 2.75) is 70.0 Å². The minimum Gasteiger partial charge on any atom is -0.388 e. The van der Waals surface area contributed by atoms with Gasteiger partial charge in [-0.25, -0.2) is 0 Å². The average Bonchev–Trinajstić information content (AvgIpc) is 3.55. The third kappa shape index (κ3) is 5.44. The predicted octanol–water partition coefficient (Wildman–Crippen LogP) is 7.14. The van der Waals surface area contributed by atoms with E-state index in [9.17, 15) is 4.79 Å². The molecule has 2 heterocycles. The number of likely N-dealkylation sites (tertiary alicyclic amines) is 1. The van der Waals surface area contributed by atoms with Crippen molar-refractivity contribution in [3.05, 3.63) is 89.5 Å². The van der Waals surface area contributed by atoms with Crippen LogP contribution in [0.1, 0.15) is 75.2 Å². The molecule has 5 heteroatoms. The van der Waals surface area contributed by atoms with Crippen molar-refractivity contribution in [2.24, 2.45) is 0 Å². The number of nitrogens with zero attached hydrogens (tertiary/aromatic N) is 2. The van der Waals surface area contributed by atoms with Crippen LogP contribution in [0, 0.1) is 0 Å². The molecular formula is C33H42N4O. The summed E-state index contributed by atoms with van der Waals surface area (Å²) in [6.45, 7) is 7.78. The first-order chi connectivity index (χ1) is 18.2. The summed E-state index contributed by atoms with van der Waals surface area (Å²) in [5.74, 6) is 0.101. The largest absolute Gasteiger partial charge is 0.388 e. The van der Waals surface area contributed by atoms with E-state index in [0.717, 1.165) is 43.6 Å². The average molecular weight is 511 g/mol. The fourth-order valence-corrected chi connectivity index (χ4v) is 6.09. The van der Waals surface area contributed by atoms with Gasteiger partial charge in [0, 0.05) is 24.1 Å². The van der Waals surface area contributed by atoms with Crippen molar-refractivity contribution in [2.75, 3.05) is 36.2 Å². The van der Waals surface area contributed by atoms with Crippen molar-refractivity contribution in [3.63, 3.8) is 0 Å². The lowest BCUT2D eigenvalue weighted by Crippen LogP contribution is -2.37. The number of nitrogens with one attached hydrogen (secondary N) is 2. The number of anilines is 3. The van der Waals surface area contributed by atoms with Crippen LogP contribution in [-0.2, 0) is 10.2 Å². The molecular weight excluding hydrogens is 468 g/mol. The predicted molar refractivity (Wildman–Crippen MR) is 159 cm³/mol. The number of amides is 1. The molecule has 200 valence electrons. The van der Waals surface area contributed by atoms with Crippen LogP contribution in [0.25, 0.3) is 0 Å². The molecule has 3 aromatic carbocycles. The first-order valence-electron chi connectivity index (χ1n) is 14.0. The van der Waals surface area contributed by atoms with Crippen LogP contribution in [0.4, 0.5) is 17.1 Å². The Balaban J connectivity index is 1.41. The van der Waals surface area contributed by atoms with Gasteiger partial charge in [0.05, 0.1) is 18.1 Å². The van der Waals surface area contributed by atoms with Crippen LogP contribution in [0.15, 0.2) is 72.8 Å². The van der Waals surface area contributed by atoms with Gasteiger partial charge in [-0.05, 0) is 97.8 Å². The van der Waals surface area contributed by atoms with Crippen LogP contribution < -0.4 is 15.5 Å². The molecule has 2 N–H and O–H groups in total. The minimum absolute atomic E-state index is 0.0221. The number of hydrogen-bond acceptors (Lipinski definition) is 4. The first kappa shape index (κ1) is 26.3. The van der Waals surface area contributed by atoms with Gasteiger partial charge in [0.2, 0.25) is 5.91 Å². The van der Waals surface area contributed by atoms with E-state index in [1.165, 1.54) is 22.4 Å². The second-order valence-electron chi connectivity index (χ2n) is 11.9. The highest BCUT2D eigenvalue weighted by atomic mass is 16.2. The Morgan fingerprint density at radius 3 is 1.82 bits per heavy atom. The van der Waals surface area contributed by atoms with Gasteiger partial charge in [0.15, 0.2) is 0 Å². The molecule has 0 bridgehead atoms. The molecule has 2 unspecified atom stereocenters. The van der Waals surface area contributed by atoms with Crippen molar-refractivity contribution < 1.29 is 4.79 Å². The molecule has 2 aliphatic heterocycles. The second kappa shape index (κ2) is 10.8. The Labute approximate surface area is 228 Å². The maximum Gasteiger partial charge on any atom is 0.241 e. The van der Waals surface area contributed by atoms with E-state index < -0.39 is 0 Å². The van der Waals surface area contributed by atoms with Crippen molar-refractivity contribution >= 4 is 23.0 Å². The molecule has 2 saturated heterocycles. The number of carbonyl (C=O) groups excluding carboxylic acids is 1. The van der Waals surface area contributed by atoms with Gasteiger partial charge in [0.25, 0.3) is 0 Å². The summed E-state index contributed by atoms with van der Waals surface area (Å²) in [5.41, 5.74) is 7.36. The van der Waals surface area contributed by atoms with Crippen molar-refractivity contribution in [3.8, 4) is 0 Å². The van der Waals surface area contributed by atoms with Gasteiger partial charge in [-0.3, -0.25) is 9.69 Å². The quantitative estimate of drug-likeness (QED) is 0.370. The highest BCUT2D eigenvalue weighted by Gasteiger charge is 2.36. The lowest BCUT2D eigenvalue weighted by Gasteiger charge is -2.34. The summed E-state index contributed by atoms with van der Waals surface area (Å²) in [6, 6.07) is 27.1. The molecule has 38 heavy (non-hydrogen) atoms. The standard InChI is InChI=1S/C33H42N4O/c1-33(2,3)25-12-18-28(19-13-25)37-29(23-8-14-26(34-4)15-9-23)20-21-30(37)24-10-16-27(17-11-24)35-32(38)31-7-6-22-36(31)5/h8-19,29-31,34H,6-7,20-22H2,1-5H3,(H,35,38)/t29-,30?,31?/m0/s1. The van der Waals surface area contributed by atoms with Crippen molar-refractivity contribution in [1.29, 1.82) is 0 Å². The summed E-state index contributed by atoms with van der Waals surface area (Å²) < 4.78 is 0. The number of carbonyl (C=O) groups is 1. The van der Waals surface area contributed by atoms with Gasteiger partial charge < -0.3 is 15.5 Å². The molecule has 0 radical (unpaired) electrons. The highest BCUT2D eigenvalue weighted by molar-refractivity contribution is 5.95. The van der Waals surface area contributed by atoms with E-state index in [1.807, 2.05) is 14.1 Å². The van der Waals surface area contributed by atoms with Gasteiger partial charge in [0.1, 0.15) is 0 Å². The van der Waals surface area contributed by atoms with Gasteiger partial charge in [-0.15, -0.1) is 0 Å². The molecule has 1 amide bonds. The van der Waals surface area contributed by atoms with Crippen molar-refractivity contribution in [1.82, 2.24) is 4.90 Å². The van der Waals surface area contributed by atoms with E-state index >= 15 is 0 Å². The number of benzene rings is 3. The summed E-state index contributed by atoms with van der Waals surface area (Å²) >= 11 is 0. The maximum absolute atomic E-state index is 12.8. The monoisotopic (exact) mass is 510 g/mol. The van der Waals surface area contributed by atoms with Crippen LogP contribution in [0.3, 0.4) is 0 Å². The van der Waals surface area contributed by atoms with Gasteiger partial charge >= 0.3 is 0 Å². The number of hydrogen-bond donors (Lipinski definition) is 2. The van der Waals surface area contributed by atoms with Crippen LogP contribution >= 0.6 is 0 Å². The number of likely N-dealkylation sites (N-methyl/N-ethyl adjacent to an activating group) is 1. The van der Waals surface area contributed by atoms with E-state index in [0.29, 0.717) is 6.04 Å². The zero-order chi connectivity index (χ0) is 26.9. The van der Waals surface area contributed by atoms with E-state index in [-0.39, 0.29) is 23.4 Å². The minimum atomic E-state index is -0.0221. The lowest BCUT2D eigenvalue weighted by molar-refractivity contribution is -0.119. The molecule has 0 aromatic heterocycles. The Kier molecular flexibility index (Phi) is 7.49. The highest BCUT2D eigenvalue weighted by Crippen LogP contribution is 2.47. The SMILES string of the molecule is CNc1ccc([C@@H]2CCC(c3ccc(NC(=O)C4CCCN4C)cc3)N2c2ccc(C(C)(C)C)cc2)cc1. The Morgan fingerprint density at radius 2 is 1.34 bits per heavy atom. The Bertz CT molecular complexity index is 1230. The summed E-state index contributed by atoms with van der Waals surface area (Å²) in [4.78, 5) is 17.5. The molecule has 3 atom stereocenters. The van der Waals surface area contributed by atoms with E-state index in [4.69, 9.17) is 0 Å². The molecule has 5 rings (SSSR count). The normalized spacial score (nSPS) is 22.0. The van der Waals surface area contributed by atoms with Crippen LogP contribution in [-0.4, -0.2) is 37.5 Å². The summed E-state index contributed by atoms with van der Waals surface area (Å²) in [6.07, 6.45) is 4.19. The molecule has 2 fully saturated rings. The molecule has 2 aliphatic rings. The molecule has 0 spiro atoms. The fraction of sp³-hybridized carbons (Fsp3) is 0.424. The van der Waals surface area contributed by atoms with Gasteiger partial charge in [-0.1, -0.05) is 57.2 Å². The Hall–Kier alpha value is -3.31. The second-order valence-corrected chi connectivity index (χ2v) is 11.9. The topological polar surface area (TPSA) is 47.6 Å². The number of rotatable bonds is 6. The van der Waals surface area contributed by atoms with E-state index in [2.05, 4.69) is 114 Å². The Morgan fingerprint density at radius 1 is 0.789 bits per heavy atom. The molecule has 0 saturated carbocycles. The fourth-order valence-electron chi connectivity index (χ4n) is 6.09. The zero-order valence-electron chi connectivity index (χ0n) is 23.5. The third-order valence-electron chi connectivity index (χ3n) is 8.39.